The Hall–Kier alpha value is -3.11. The number of carbonyl (C=O) groups is 1. The van der Waals surface area contributed by atoms with Gasteiger partial charge in [-0.05, 0) is 43.5 Å². The Morgan fingerprint density at radius 3 is 2.53 bits per heavy atom. The topological polar surface area (TPSA) is 118 Å². The van der Waals surface area contributed by atoms with Gasteiger partial charge in [-0.3, -0.25) is 9.78 Å². The molecule has 0 radical (unpaired) electrons. The van der Waals surface area contributed by atoms with Gasteiger partial charge in [0.2, 0.25) is 10.0 Å². The molecule has 168 valence electrons. The molecule has 3 heterocycles. The molecule has 1 aliphatic heterocycles. The van der Waals surface area contributed by atoms with Crippen molar-refractivity contribution in [3.63, 3.8) is 0 Å². The number of rotatable bonds is 4. The van der Waals surface area contributed by atoms with Crippen molar-refractivity contribution < 1.29 is 18.3 Å². The molecule has 0 aliphatic carbocycles. The molecule has 1 aromatic carbocycles. The summed E-state index contributed by atoms with van der Waals surface area (Å²) < 4.78 is 29.8. The fourth-order valence-corrected chi connectivity index (χ4v) is 5.47. The standard InChI is InChI=1S/C22H25N5O4S/c28-22(29)17-7-5-13-26(32(30,31)19-8-2-1-3-9-19)14-11-20-24-25-21(27(20)15-10-17)18-6-4-12-23-16-18/h1-4,6,8-9,12,16-17H,5,7,10-11,13-15H2,(H,28,29). The normalized spacial score (nSPS) is 18.4. The maximum atomic E-state index is 13.2. The Bertz CT molecular complexity index is 1170. The van der Waals surface area contributed by atoms with E-state index >= 15 is 0 Å². The van der Waals surface area contributed by atoms with Crippen molar-refractivity contribution in [3.05, 3.63) is 60.7 Å². The lowest BCUT2D eigenvalue weighted by Crippen LogP contribution is -2.34. The fourth-order valence-electron chi connectivity index (χ4n) is 3.97. The minimum atomic E-state index is -3.71. The molecule has 9 nitrogen and oxygen atoms in total. The molecule has 4 rings (SSSR count). The molecule has 1 N–H and O–H groups in total. The number of aromatic nitrogens is 4. The average Bonchev–Trinajstić information content (AvgIpc) is 3.19. The van der Waals surface area contributed by atoms with Gasteiger partial charge in [-0.2, -0.15) is 4.31 Å². The average molecular weight is 456 g/mol. The lowest BCUT2D eigenvalue weighted by molar-refractivity contribution is -0.142. The van der Waals surface area contributed by atoms with Crippen LogP contribution in [-0.4, -0.2) is 56.6 Å². The molecule has 3 aromatic rings. The third kappa shape index (κ3) is 4.71. The molecule has 0 spiro atoms. The third-order valence-electron chi connectivity index (χ3n) is 5.72. The highest BCUT2D eigenvalue weighted by atomic mass is 32.2. The van der Waals surface area contributed by atoms with Crippen molar-refractivity contribution in [2.75, 3.05) is 13.1 Å². The SMILES string of the molecule is O=C(O)C1CCCN(S(=O)(=O)c2ccccc2)CCc2nnc(-c3cccnc3)n2CC1. The van der Waals surface area contributed by atoms with E-state index in [2.05, 4.69) is 15.2 Å². The number of nitrogens with zero attached hydrogens (tertiary/aromatic N) is 5. The highest BCUT2D eigenvalue weighted by molar-refractivity contribution is 7.89. The van der Waals surface area contributed by atoms with Gasteiger partial charge in [0.15, 0.2) is 5.82 Å². The molecule has 1 unspecified atom stereocenters. The van der Waals surface area contributed by atoms with Crippen LogP contribution in [0.1, 0.15) is 25.1 Å². The van der Waals surface area contributed by atoms with Crippen LogP contribution in [0.2, 0.25) is 0 Å². The predicted octanol–water partition coefficient (Wildman–Crippen LogP) is 2.46. The summed E-state index contributed by atoms with van der Waals surface area (Å²) in [5.41, 5.74) is 0.779. The van der Waals surface area contributed by atoms with E-state index in [-0.39, 0.29) is 18.0 Å². The zero-order chi connectivity index (χ0) is 22.6. The zero-order valence-corrected chi connectivity index (χ0v) is 18.4. The molecule has 0 bridgehead atoms. The first-order chi connectivity index (χ1) is 15.5. The van der Waals surface area contributed by atoms with E-state index in [9.17, 15) is 18.3 Å². The largest absolute Gasteiger partial charge is 0.481 e. The summed E-state index contributed by atoms with van der Waals surface area (Å²) in [7, 11) is -3.71. The van der Waals surface area contributed by atoms with E-state index in [1.54, 1.807) is 48.8 Å². The second-order valence-electron chi connectivity index (χ2n) is 7.77. The number of benzene rings is 1. The minimum absolute atomic E-state index is 0.224. The summed E-state index contributed by atoms with van der Waals surface area (Å²) in [6.07, 6.45) is 5.01. The number of carboxylic acid groups (broad SMARTS) is 1. The van der Waals surface area contributed by atoms with Crippen LogP contribution in [0.25, 0.3) is 11.4 Å². The van der Waals surface area contributed by atoms with Crippen molar-refractivity contribution >= 4 is 16.0 Å². The molecule has 10 heteroatoms. The van der Waals surface area contributed by atoms with E-state index in [0.29, 0.717) is 43.9 Å². The van der Waals surface area contributed by atoms with Gasteiger partial charge in [0, 0.05) is 44.0 Å². The maximum Gasteiger partial charge on any atom is 0.306 e. The van der Waals surface area contributed by atoms with Crippen LogP contribution < -0.4 is 0 Å². The van der Waals surface area contributed by atoms with Crippen molar-refractivity contribution in [2.24, 2.45) is 5.92 Å². The number of hydrogen-bond acceptors (Lipinski definition) is 6. The summed E-state index contributed by atoms with van der Waals surface area (Å²) in [4.78, 5) is 16.2. The Labute approximate surface area is 186 Å². The number of fused-ring (bicyclic) bond motifs is 1. The molecule has 0 saturated heterocycles. The van der Waals surface area contributed by atoms with Crippen LogP contribution >= 0.6 is 0 Å². The molecule has 2 aromatic heterocycles. The predicted molar refractivity (Wildman–Crippen MR) is 117 cm³/mol. The summed E-state index contributed by atoms with van der Waals surface area (Å²) in [6.45, 7) is 0.930. The van der Waals surface area contributed by atoms with Gasteiger partial charge in [0.25, 0.3) is 0 Å². The number of pyridine rings is 1. The van der Waals surface area contributed by atoms with Crippen LogP contribution in [0.15, 0.2) is 59.8 Å². The number of sulfonamides is 1. The Morgan fingerprint density at radius 1 is 1.00 bits per heavy atom. The van der Waals surface area contributed by atoms with E-state index in [0.717, 1.165) is 5.56 Å². The molecule has 0 amide bonds. The Kier molecular flexibility index (Phi) is 6.61. The van der Waals surface area contributed by atoms with Gasteiger partial charge in [0.05, 0.1) is 10.8 Å². The Morgan fingerprint density at radius 2 is 1.81 bits per heavy atom. The lowest BCUT2D eigenvalue weighted by Gasteiger charge is -2.22. The Balaban J connectivity index is 1.69. The smallest absolute Gasteiger partial charge is 0.306 e. The fraction of sp³-hybridized carbons (Fsp3) is 0.364. The van der Waals surface area contributed by atoms with Crippen molar-refractivity contribution in [3.8, 4) is 11.4 Å². The molecule has 1 aliphatic rings. The number of carboxylic acids is 1. The van der Waals surface area contributed by atoms with Crippen molar-refractivity contribution in [1.29, 1.82) is 0 Å². The minimum Gasteiger partial charge on any atom is -0.481 e. The summed E-state index contributed by atoms with van der Waals surface area (Å²) in [5.74, 6) is -0.220. The van der Waals surface area contributed by atoms with Gasteiger partial charge in [-0.1, -0.05) is 18.2 Å². The first-order valence-corrected chi connectivity index (χ1v) is 12.0. The van der Waals surface area contributed by atoms with Gasteiger partial charge in [0.1, 0.15) is 5.82 Å². The van der Waals surface area contributed by atoms with Crippen LogP contribution in [0.3, 0.4) is 0 Å². The number of aliphatic carboxylic acids is 1. The lowest BCUT2D eigenvalue weighted by atomic mass is 9.99. The van der Waals surface area contributed by atoms with E-state index in [1.165, 1.54) is 4.31 Å². The van der Waals surface area contributed by atoms with Crippen molar-refractivity contribution in [1.82, 2.24) is 24.1 Å². The summed E-state index contributed by atoms with van der Waals surface area (Å²) >= 11 is 0. The molecular formula is C22H25N5O4S. The maximum absolute atomic E-state index is 13.2. The first kappa shape index (κ1) is 22.1. The van der Waals surface area contributed by atoms with Crippen LogP contribution in [0.4, 0.5) is 0 Å². The molecular weight excluding hydrogens is 430 g/mol. The zero-order valence-electron chi connectivity index (χ0n) is 17.5. The van der Waals surface area contributed by atoms with Crippen molar-refractivity contribution in [2.45, 2.75) is 37.1 Å². The summed E-state index contributed by atoms with van der Waals surface area (Å²) in [5, 5.41) is 18.3. The second-order valence-corrected chi connectivity index (χ2v) is 9.70. The van der Waals surface area contributed by atoms with E-state index in [4.69, 9.17) is 0 Å². The van der Waals surface area contributed by atoms with Gasteiger partial charge >= 0.3 is 5.97 Å². The highest BCUT2D eigenvalue weighted by Crippen LogP contribution is 2.24. The van der Waals surface area contributed by atoms with Crippen LogP contribution in [-0.2, 0) is 27.8 Å². The molecule has 1 atom stereocenters. The van der Waals surface area contributed by atoms with E-state index in [1.807, 2.05) is 10.6 Å². The molecule has 32 heavy (non-hydrogen) atoms. The molecule has 0 fully saturated rings. The monoisotopic (exact) mass is 455 g/mol. The van der Waals surface area contributed by atoms with E-state index < -0.39 is 21.9 Å². The van der Waals surface area contributed by atoms with Crippen LogP contribution in [0, 0.1) is 5.92 Å². The summed E-state index contributed by atoms with van der Waals surface area (Å²) in [6, 6.07) is 12.0. The van der Waals surface area contributed by atoms with Crippen LogP contribution in [0.5, 0.6) is 0 Å². The number of hydrogen-bond donors (Lipinski definition) is 1. The second kappa shape index (κ2) is 9.58. The highest BCUT2D eigenvalue weighted by Gasteiger charge is 2.27. The quantitative estimate of drug-likeness (QED) is 0.642. The first-order valence-electron chi connectivity index (χ1n) is 10.6. The third-order valence-corrected chi connectivity index (χ3v) is 7.64. The molecule has 0 saturated carbocycles. The van der Waals surface area contributed by atoms with Gasteiger partial charge in [-0.25, -0.2) is 8.42 Å². The van der Waals surface area contributed by atoms with Gasteiger partial charge in [-0.15, -0.1) is 10.2 Å². The van der Waals surface area contributed by atoms with Gasteiger partial charge < -0.3 is 9.67 Å².